The molecule has 0 radical (unpaired) electrons. The number of rotatable bonds is 0. The number of nitrogens with zero attached hydrogens (tertiary/aromatic N) is 6. The molecular weight excluding hydrogens is 164 g/mol. The molecule has 6 nitrogen and oxygen atoms in total. The highest BCUT2D eigenvalue weighted by molar-refractivity contribution is 7.07. The topological polar surface area (TPSA) is 117 Å². The van der Waals surface area contributed by atoms with Gasteiger partial charge in [-0.3, -0.25) is 9.82 Å². The first-order valence-electron chi connectivity index (χ1n) is 2.27. The van der Waals surface area contributed by atoms with Crippen molar-refractivity contribution in [3.05, 3.63) is 54.8 Å². The van der Waals surface area contributed by atoms with Crippen LogP contribution in [0, 0.1) is 0 Å². The van der Waals surface area contributed by atoms with Crippen molar-refractivity contribution in [2.45, 2.75) is 0 Å². The van der Waals surface area contributed by atoms with Crippen molar-refractivity contribution < 1.29 is 0 Å². The maximum Gasteiger partial charge on any atom is -0.00934 e. The smallest absolute Gasteiger partial charge is 0.00934 e. The number of thiophene rings is 1. The highest BCUT2D eigenvalue weighted by Crippen LogP contribution is 1.91. The van der Waals surface area contributed by atoms with Crippen LogP contribution in [0.1, 0.15) is 0 Å². The third-order valence-corrected chi connectivity index (χ3v) is 1.05. The molecule has 0 amide bonds. The van der Waals surface area contributed by atoms with E-state index in [0.29, 0.717) is 0 Å². The molecule has 0 atom stereocenters. The van der Waals surface area contributed by atoms with Gasteiger partial charge in [-0.15, -0.1) is 0 Å². The van der Waals surface area contributed by atoms with Gasteiger partial charge in [0.2, 0.25) is 0 Å². The van der Waals surface area contributed by atoms with Gasteiger partial charge >= 0.3 is 0 Å². The van der Waals surface area contributed by atoms with Crippen molar-refractivity contribution in [3.8, 4) is 0 Å². The van der Waals surface area contributed by atoms with E-state index in [1.54, 1.807) is 11.3 Å². The summed E-state index contributed by atoms with van der Waals surface area (Å²) in [6.07, 6.45) is 0. The summed E-state index contributed by atoms with van der Waals surface area (Å²) in [5.41, 5.74) is 27.0. The van der Waals surface area contributed by atoms with E-state index in [1.807, 2.05) is 22.9 Å². The summed E-state index contributed by atoms with van der Waals surface area (Å²) in [5, 5.41) is 4.08. The Morgan fingerprint density at radius 1 is 0.818 bits per heavy atom. The minimum atomic E-state index is 1.50. The van der Waals surface area contributed by atoms with Crippen molar-refractivity contribution in [2.24, 2.45) is 0 Å². The van der Waals surface area contributed by atoms with E-state index in [4.69, 9.17) is 22.1 Å². The highest BCUT2D eigenvalue weighted by Gasteiger charge is 1.58. The molecule has 1 aromatic heterocycles. The maximum absolute atomic E-state index is 6.75. The molecular formula is C4H4N6S-2. The summed E-state index contributed by atoms with van der Waals surface area (Å²) in [6.45, 7) is 0. The molecule has 1 heterocycles. The molecule has 0 aliphatic rings. The van der Waals surface area contributed by atoms with E-state index in [2.05, 4.69) is 0 Å². The van der Waals surface area contributed by atoms with Crippen LogP contribution in [-0.4, -0.2) is 0 Å². The minimum absolute atomic E-state index is 1.50. The van der Waals surface area contributed by atoms with Crippen LogP contribution in [0.4, 0.5) is 0 Å². The van der Waals surface area contributed by atoms with Crippen LogP contribution >= 0.6 is 11.3 Å². The standard InChI is InChI=1S/C4H4S.2N3/c1-2-4-5-3-1;2*1-3-2/h1-4H;;/q;2*-1. The molecule has 58 valence electrons. The largest absolute Gasteiger partial charge is 0.373 e. The first kappa shape index (κ1) is 12.0. The fourth-order valence-corrected chi connectivity index (χ4v) is 0.680. The van der Waals surface area contributed by atoms with E-state index in [-0.39, 0.29) is 0 Å². The van der Waals surface area contributed by atoms with Gasteiger partial charge in [-0.2, -0.15) is 11.3 Å². The van der Waals surface area contributed by atoms with Gasteiger partial charge in [0.1, 0.15) is 0 Å². The summed E-state index contributed by atoms with van der Waals surface area (Å²) >= 11 is 1.71. The molecule has 11 heavy (non-hydrogen) atoms. The summed E-state index contributed by atoms with van der Waals surface area (Å²) in [4.78, 5) is 3.00. The molecule has 1 aromatic rings. The Bertz CT molecular complexity index is 175. The second-order valence-electron chi connectivity index (χ2n) is 0.972. The van der Waals surface area contributed by atoms with Gasteiger partial charge < -0.3 is 22.1 Å². The van der Waals surface area contributed by atoms with Crippen LogP contribution < -0.4 is 0 Å². The minimum Gasteiger partial charge on any atom is -0.373 e. The summed E-state index contributed by atoms with van der Waals surface area (Å²) in [7, 11) is 0. The molecule has 0 aromatic carbocycles. The average Bonchev–Trinajstić information content (AvgIpc) is 2.44. The predicted octanol–water partition coefficient (Wildman–Crippen LogP) is 3.48. The Kier molecular flexibility index (Phi) is 17.2. The van der Waals surface area contributed by atoms with Crippen molar-refractivity contribution in [2.75, 3.05) is 0 Å². The van der Waals surface area contributed by atoms with Crippen LogP contribution in [0.5, 0.6) is 0 Å². The fourth-order valence-electron chi connectivity index (χ4n) is 0.227. The van der Waals surface area contributed by atoms with Crippen molar-refractivity contribution >= 4 is 11.3 Å². The van der Waals surface area contributed by atoms with Gasteiger partial charge in [-0.1, -0.05) is 12.1 Å². The van der Waals surface area contributed by atoms with Crippen LogP contribution in [0.15, 0.2) is 22.9 Å². The Hall–Kier alpha value is -1.68. The molecule has 0 saturated heterocycles. The van der Waals surface area contributed by atoms with E-state index in [0.717, 1.165) is 0 Å². The quantitative estimate of drug-likeness (QED) is 0.320. The second kappa shape index (κ2) is 15.8. The van der Waals surface area contributed by atoms with Crippen molar-refractivity contribution in [1.82, 2.24) is 0 Å². The molecule has 0 N–H and O–H groups in total. The molecule has 0 aliphatic carbocycles. The third-order valence-electron chi connectivity index (χ3n) is 0.425. The second-order valence-corrected chi connectivity index (χ2v) is 1.79. The van der Waals surface area contributed by atoms with Gasteiger partial charge in [0.25, 0.3) is 0 Å². The van der Waals surface area contributed by atoms with E-state index in [1.165, 1.54) is 9.82 Å². The SMILES string of the molecule is [N-]=[N+]=[N-].[N-]=[N+]=[N-].c1ccsc1. The zero-order chi connectivity index (χ0) is 8.95. The third kappa shape index (κ3) is 30.1. The van der Waals surface area contributed by atoms with Crippen molar-refractivity contribution in [3.63, 3.8) is 0 Å². The van der Waals surface area contributed by atoms with Crippen LogP contribution in [0.2, 0.25) is 0 Å². The lowest BCUT2D eigenvalue weighted by molar-refractivity contribution is 2.03. The molecule has 0 saturated carbocycles. The molecule has 0 fully saturated rings. The van der Waals surface area contributed by atoms with Gasteiger partial charge in [0.15, 0.2) is 0 Å². The van der Waals surface area contributed by atoms with Crippen LogP contribution in [0.3, 0.4) is 0 Å². The van der Waals surface area contributed by atoms with E-state index in [9.17, 15) is 0 Å². The normalized spacial score (nSPS) is 5.09. The summed E-state index contributed by atoms with van der Waals surface area (Å²) in [5.74, 6) is 0. The lowest BCUT2D eigenvalue weighted by atomic mass is 10.7. The van der Waals surface area contributed by atoms with Gasteiger partial charge in [0, 0.05) is 0 Å². The van der Waals surface area contributed by atoms with Crippen LogP contribution in [0.25, 0.3) is 31.9 Å². The molecule has 0 aliphatic heterocycles. The van der Waals surface area contributed by atoms with E-state index >= 15 is 0 Å². The molecule has 0 bridgehead atoms. The lowest BCUT2D eigenvalue weighted by Gasteiger charge is -1.39. The fraction of sp³-hybridized carbons (Fsp3) is 0. The Morgan fingerprint density at radius 3 is 1.18 bits per heavy atom. The highest BCUT2D eigenvalue weighted by atomic mass is 32.1. The first-order valence-corrected chi connectivity index (χ1v) is 3.21. The number of hydrogen-bond donors (Lipinski definition) is 0. The van der Waals surface area contributed by atoms with E-state index < -0.39 is 0 Å². The first-order chi connectivity index (χ1) is 5.33. The van der Waals surface area contributed by atoms with Crippen molar-refractivity contribution in [1.29, 1.82) is 0 Å². The van der Waals surface area contributed by atoms with Crippen LogP contribution in [-0.2, 0) is 0 Å². The molecule has 0 unspecified atom stereocenters. The molecule has 1 rings (SSSR count). The van der Waals surface area contributed by atoms with Gasteiger partial charge in [-0.25, -0.2) is 0 Å². The Balaban J connectivity index is 0. The summed E-state index contributed by atoms with van der Waals surface area (Å²) in [6, 6.07) is 4.04. The zero-order valence-corrected chi connectivity index (χ0v) is 6.22. The van der Waals surface area contributed by atoms with Gasteiger partial charge in [0.05, 0.1) is 0 Å². The monoisotopic (exact) mass is 168 g/mol. The average molecular weight is 168 g/mol. The van der Waals surface area contributed by atoms with Gasteiger partial charge in [-0.05, 0) is 10.8 Å². The summed E-state index contributed by atoms with van der Waals surface area (Å²) < 4.78 is 0. The predicted molar refractivity (Wildman–Crippen MR) is 44.5 cm³/mol. The number of hydrogen-bond acceptors (Lipinski definition) is 1. The zero-order valence-electron chi connectivity index (χ0n) is 5.40. The lowest BCUT2D eigenvalue weighted by Crippen LogP contribution is -1.16. The maximum atomic E-state index is 6.75. The Labute approximate surface area is 66.9 Å². The molecule has 7 heteroatoms. The molecule has 0 spiro atoms. The Morgan fingerprint density at radius 2 is 1.09 bits per heavy atom.